The van der Waals surface area contributed by atoms with Gasteiger partial charge < -0.3 is 4.90 Å². The summed E-state index contributed by atoms with van der Waals surface area (Å²) >= 11 is 10.8. The number of hydrogen-bond acceptors (Lipinski definition) is 5. The van der Waals surface area contributed by atoms with Gasteiger partial charge in [-0.2, -0.15) is 0 Å². The van der Waals surface area contributed by atoms with Crippen LogP contribution in [0.4, 0.5) is 13.9 Å². The van der Waals surface area contributed by atoms with Crippen molar-refractivity contribution in [1.29, 1.82) is 0 Å². The maximum Gasteiger partial charge on any atom is 0.185 e. The molecule has 1 aliphatic heterocycles. The minimum atomic E-state index is -4.06. The topological polar surface area (TPSA) is 50.3 Å². The van der Waals surface area contributed by atoms with E-state index in [2.05, 4.69) is 47.8 Å². The summed E-state index contributed by atoms with van der Waals surface area (Å²) in [7, 11) is -4.06. The number of hydrogen-bond donors (Lipinski definition) is 0. The Hall–Kier alpha value is -0.880. The number of piperidine rings is 1. The minimum Gasteiger partial charge on any atom is -0.348 e. The SMILES string of the molecule is O=S(=O)(c1c(F)c(Br)cc(F)c1Br)C1CCN(c2nc(-c3cccc(Br)c3)cs2)CC1. The molecule has 0 N–H and O–H groups in total. The Labute approximate surface area is 208 Å². The molecule has 0 unspecified atom stereocenters. The monoisotopic (exact) mass is 654 g/mol. The first-order chi connectivity index (χ1) is 14.7. The third kappa shape index (κ3) is 4.62. The second-order valence-electron chi connectivity index (χ2n) is 7.05. The number of anilines is 1. The molecule has 4 rings (SSSR count). The van der Waals surface area contributed by atoms with Gasteiger partial charge in [-0.3, -0.25) is 0 Å². The van der Waals surface area contributed by atoms with Gasteiger partial charge in [0.2, 0.25) is 0 Å². The van der Waals surface area contributed by atoms with Crippen LogP contribution in [0, 0.1) is 11.6 Å². The smallest absolute Gasteiger partial charge is 0.185 e. The number of nitrogens with zero attached hydrogens (tertiary/aromatic N) is 2. The van der Waals surface area contributed by atoms with E-state index in [1.165, 1.54) is 11.3 Å². The highest BCUT2D eigenvalue weighted by atomic mass is 79.9. The van der Waals surface area contributed by atoms with Gasteiger partial charge in [0.1, 0.15) is 10.7 Å². The molecule has 2 heterocycles. The molecule has 0 spiro atoms. The predicted octanol–water partition coefficient (Wildman–Crippen LogP) is 6.82. The first kappa shape index (κ1) is 23.3. The van der Waals surface area contributed by atoms with E-state index in [0.29, 0.717) is 25.9 Å². The highest BCUT2D eigenvalue weighted by Gasteiger charge is 2.37. The highest BCUT2D eigenvalue weighted by Crippen LogP contribution is 2.38. The van der Waals surface area contributed by atoms with Crippen molar-refractivity contribution in [3.8, 4) is 11.3 Å². The molecular formula is C20H15Br3F2N2O2S2. The Morgan fingerprint density at radius 1 is 1.10 bits per heavy atom. The van der Waals surface area contributed by atoms with Crippen LogP contribution >= 0.6 is 59.1 Å². The summed E-state index contributed by atoms with van der Waals surface area (Å²) in [6, 6.07) is 8.76. The summed E-state index contributed by atoms with van der Waals surface area (Å²) in [4.78, 5) is 6.10. The number of halogens is 5. The van der Waals surface area contributed by atoms with E-state index in [1.54, 1.807) is 0 Å². The maximum atomic E-state index is 14.6. The molecule has 0 saturated carbocycles. The fourth-order valence-electron chi connectivity index (χ4n) is 3.52. The van der Waals surface area contributed by atoms with Crippen LogP contribution in [0.1, 0.15) is 12.8 Å². The molecule has 0 radical (unpaired) electrons. The van der Waals surface area contributed by atoms with Crippen LogP contribution in [0.3, 0.4) is 0 Å². The molecule has 1 saturated heterocycles. The Bertz CT molecular complexity index is 1220. The largest absolute Gasteiger partial charge is 0.348 e. The van der Waals surface area contributed by atoms with E-state index in [1.807, 2.05) is 34.5 Å². The van der Waals surface area contributed by atoms with E-state index in [-0.39, 0.29) is 8.95 Å². The van der Waals surface area contributed by atoms with Crippen molar-refractivity contribution < 1.29 is 17.2 Å². The van der Waals surface area contributed by atoms with Crippen molar-refractivity contribution in [2.75, 3.05) is 18.0 Å². The second kappa shape index (κ2) is 9.17. The van der Waals surface area contributed by atoms with Crippen LogP contribution in [-0.4, -0.2) is 31.7 Å². The highest BCUT2D eigenvalue weighted by molar-refractivity contribution is 9.11. The minimum absolute atomic E-state index is 0.216. The van der Waals surface area contributed by atoms with Crippen molar-refractivity contribution in [3.05, 3.63) is 60.8 Å². The molecule has 1 aromatic heterocycles. The standard InChI is InChI=1S/C20H15Br3F2N2O2S2/c21-12-3-1-2-11(8-12)16-10-30-20(26-16)27-6-4-13(5-7-27)31(28,29)19-17(23)15(24)9-14(22)18(19)25/h1-3,8-10,13H,4-7H2. The van der Waals surface area contributed by atoms with Gasteiger partial charge in [-0.05, 0) is 62.9 Å². The Morgan fingerprint density at radius 3 is 2.48 bits per heavy atom. The van der Waals surface area contributed by atoms with E-state index in [4.69, 9.17) is 4.98 Å². The lowest BCUT2D eigenvalue weighted by atomic mass is 10.1. The summed E-state index contributed by atoms with van der Waals surface area (Å²) in [5.74, 6) is -1.80. The van der Waals surface area contributed by atoms with E-state index in [9.17, 15) is 17.2 Å². The van der Waals surface area contributed by atoms with Gasteiger partial charge in [-0.15, -0.1) is 11.3 Å². The van der Waals surface area contributed by atoms with Crippen LogP contribution in [0.2, 0.25) is 0 Å². The molecule has 11 heteroatoms. The molecule has 164 valence electrons. The summed E-state index contributed by atoms with van der Waals surface area (Å²) in [6.07, 6.45) is 0.599. The van der Waals surface area contributed by atoms with Crippen molar-refractivity contribution in [1.82, 2.24) is 4.98 Å². The molecular weight excluding hydrogens is 642 g/mol. The molecule has 0 atom stereocenters. The average molecular weight is 657 g/mol. The van der Waals surface area contributed by atoms with Crippen LogP contribution in [-0.2, 0) is 9.84 Å². The number of sulfone groups is 1. The lowest BCUT2D eigenvalue weighted by Gasteiger charge is -2.31. The second-order valence-corrected chi connectivity index (χ2v) is 12.6. The molecule has 0 amide bonds. The number of thiazole rings is 1. The van der Waals surface area contributed by atoms with Gasteiger partial charge in [0, 0.05) is 28.5 Å². The predicted molar refractivity (Wildman–Crippen MR) is 129 cm³/mol. The summed E-state index contributed by atoms with van der Waals surface area (Å²) in [5, 5.41) is 1.98. The van der Waals surface area contributed by atoms with Crippen LogP contribution in [0.25, 0.3) is 11.3 Å². The summed E-state index contributed by atoms with van der Waals surface area (Å²) < 4.78 is 55.2. The Kier molecular flexibility index (Phi) is 6.88. The third-order valence-electron chi connectivity index (χ3n) is 5.12. The maximum absolute atomic E-state index is 14.6. The zero-order chi connectivity index (χ0) is 22.3. The van der Waals surface area contributed by atoms with Gasteiger partial charge in [-0.1, -0.05) is 28.1 Å². The van der Waals surface area contributed by atoms with Crippen LogP contribution < -0.4 is 4.90 Å². The van der Waals surface area contributed by atoms with Gasteiger partial charge >= 0.3 is 0 Å². The summed E-state index contributed by atoms with van der Waals surface area (Å²) in [5.41, 5.74) is 1.85. The van der Waals surface area contributed by atoms with Crippen LogP contribution in [0.5, 0.6) is 0 Å². The average Bonchev–Trinajstić information content (AvgIpc) is 3.23. The van der Waals surface area contributed by atoms with E-state index in [0.717, 1.165) is 26.9 Å². The summed E-state index contributed by atoms with van der Waals surface area (Å²) in [6.45, 7) is 0.927. The molecule has 1 aliphatic rings. The van der Waals surface area contributed by atoms with Gasteiger partial charge in [-0.25, -0.2) is 22.2 Å². The first-order valence-corrected chi connectivity index (χ1v) is 14.0. The quantitative estimate of drug-likeness (QED) is 0.290. The van der Waals surface area contributed by atoms with Crippen molar-refractivity contribution in [2.24, 2.45) is 0 Å². The van der Waals surface area contributed by atoms with Crippen molar-refractivity contribution >= 4 is 74.1 Å². The van der Waals surface area contributed by atoms with Crippen LogP contribution in [0.15, 0.2) is 54.0 Å². The lowest BCUT2D eigenvalue weighted by Crippen LogP contribution is -2.39. The molecule has 3 aromatic rings. The Balaban J connectivity index is 1.52. The fraction of sp³-hybridized carbons (Fsp3) is 0.250. The normalized spacial score (nSPS) is 15.5. The lowest BCUT2D eigenvalue weighted by molar-refractivity contribution is 0.512. The molecule has 4 nitrogen and oxygen atoms in total. The van der Waals surface area contributed by atoms with Gasteiger partial charge in [0.25, 0.3) is 0 Å². The van der Waals surface area contributed by atoms with Gasteiger partial charge in [0.15, 0.2) is 20.8 Å². The van der Waals surface area contributed by atoms with E-state index >= 15 is 0 Å². The zero-order valence-electron chi connectivity index (χ0n) is 15.8. The first-order valence-electron chi connectivity index (χ1n) is 9.22. The number of aromatic nitrogens is 1. The van der Waals surface area contributed by atoms with E-state index < -0.39 is 31.6 Å². The third-order valence-corrected chi connectivity index (χ3v) is 10.4. The molecule has 0 aliphatic carbocycles. The number of benzene rings is 2. The number of rotatable bonds is 4. The fourth-order valence-corrected chi connectivity index (χ4v) is 8.17. The molecule has 0 bridgehead atoms. The molecule has 31 heavy (non-hydrogen) atoms. The van der Waals surface area contributed by atoms with Gasteiger partial charge in [0.05, 0.1) is 19.9 Å². The Morgan fingerprint density at radius 2 is 1.81 bits per heavy atom. The van der Waals surface area contributed by atoms with Crippen molar-refractivity contribution in [3.63, 3.8) is 0 Å². The van der Waals surface area contributed by atoms with Crippen molar-refractivity contribution in [2.45, 2.75) is 23.0 Å². The zero-order valence-corrected chi connectivity index (χ0v) is 22.2. The molecule has 1 fully saturated rings. The molecule has 2 aromatic carbocycles.